The van der Waals surface area contributed by atoms with E-state index in [0.29, 0.717) is 17.1 Å². The van der Waals surface area contributed by atoms with Crippen molar-refractivity contribution in [2.45, 2.75) is 26.0 Å². The highest BCUT2D eigenvalue weighted by Crippen LogP contribution is 2.28. The van der Waals surface area contributed by atoms with Crippen LogP contribution in [-0.4, -0.2) is 31.9 Å². The zero-order chi connectivity index (χ0) is 25.8. The van der Waals surface area contributed by atoms with Gasteiger partial charge in [0.2, 0.25) is 5.91 Å². The van der Waals surface area contributed by atoms with Crippen molar-refractivity contribution < 1.29 is 28.2 Å². The highest BCUT2D eigenvalue weighted by molar-refractivity contribution is 5.83. The Balaban J connectivity index is 1.58. The van der Waals surface area contributed by atoms with Gasteiger partial charge >= 0.3 is 6.09 Å². The zero-order valence-electron chi connectivity index (χ0n) is 20.1. The maximum atomic E-state index is 13.1. The fourth-order valence-corrected chi connectivity index (χ4v) is 3.29. The second-order valence-electron chi connectivity index (χ2n) is 7.65. The largest absolute Gasteiger partial charge is 0.493 e. The van der Waals surface area contributed by atoms with Crippen LogP contribution in [0.2, 0.25) is 0 Å². The Hall–Kier alpha value is -4.40. The van der Waals surface area contributed by atoms with Crippen molar-refractivity contribution in [1.82, 2.24) is 10.7 Å². The van der Waals surface area contributed by atoms with Gasteiger partial charge in [-0.1, -0.05) is 42.5 Å². The Labute approximate surface area is 209 Å². The van der Waals surface area contributed by atoms with E-state index in [2.05, 4.69) is 15.8 Å². The fourth-order valence-electron chi connectivity index (χ4n) is 3.29. The molecule has 188 valence electrons. The van der Waals surface area contributed by atoms with Crippen LogP contribution in [0.25, 0.3) is 0 Å². The van der Waals surface area contributed by atoms with Crippen molar-refractivity contribution in [2.75, 3.05) is 13.7 Å². The molecule has 3 rings (SSSR count). The number of methoxy groups -OCH3 is 1. The van der Waals surface area contributed by atoms with Gasteiger partial charge in [-0.05, 0) is 53.9 Å². The van der Waals surface area contributed by atoms with Gasteiger partial charge in [0.15, 0.2) is 11.5 Å². The van der Waals surface area contributed by atoms with Crippen LogP contribution >= 0.6 is 0 Å². The molecule has 0 unspecified atom stereocenters. The maximum absolute atomic E-state index is 13.1. The standard InChI is InChI=1S/C27H28FN3O5/c1-3-35-27(33)30-23(21-7-5-4-6-8-21)16-26(32)31-29-17-20-11-14-24(25(15-20)34-2)36-18-19-9-12-22(28)13-10-19/h4-15,17,23H,3,16,18H2,1-2H3,(H,30,33)(H,31,32)/b29-17-/t23-/m1/s1. The third-order valence-electron chi connectivity index (χ3n) is 5.06. The van der Waals surface area contributed by atoms with Crippen LogP contribution in [0.5, 0.6) is 11.5 Å². The Morgan fingerprint density at radius 1 is 1.03 bits per heavy atom. The van der Waals surface area contributed by atoms with E-state index >= 15 is 0 Å². The summed E-state index contributed by atoms with van der Waals surface area (Å²) >= 11 is 0. The predicted molar refractivity (Wildman–Crippen MR) is 133 cm³/mol. The first-order valence-corrected chi connectivity index (χ1v) is 11.3. The Kier molecular flexibility index (Phi) is 9.81. The number of carbonyl (C=O) groups is 2. The van der Waals surface area contributed by atoms with Crippen LogP contribution in [0, 0.1) is 5.82 Å². The second kappa shape index (κ2) is 13.5. The van der Waals surface area contributed by atoms with Gasteiger partial charge in [0, 0.05) is 0 Å². The second-order valence-corrected chi connectivity index (χ2v) is 7.65. The van der Waals surface area contributed by atoms with Crippen LogP contribution in [0.1, 0.15) is 36.1 Å². The first kappa shape index (κ1) is 26.2. The fraction of sp³-hybridized carbons (Fsp3) is 0.222. The van der Waals surface area contributed by atoms with Crippen molar-refractivity contribution in [3.05, 3.63) is 95.3 Å². The summed E-state index contributed by atoms with van der Waals surface area (Å²) in [7, 11) is 1.52. The summed E-state index contributed by atoms with van der Waals surface area (Å²) < 4.78 is 29.2. The first-order chi connectivity index (χ1) is 17.5. The monoisotopic (exact) mass is 493 g/mol. The number of hydrazone groups is 1. The number of nitrogens with zero attached hydrogens (tertiary/aromatic N) is 1. The average Bonchev–Trinajstić information content (AvgIpc) is 2.89. The van der Waals surface area contributed by atoms with Gasteiger partial charge < -0.3 is 19.5 Å². The number of rotatable bonds is 11. The van der Waals surface area contributed by atoms with Crippen molar-refractivity contribution >= 4 is 18.2 Å². The van der Waals surface area contributed by atoms with Crippen LogP contribution in [0.15, 0.2) is 77.9 Å². The minimum atomic E-state index is -0.600. The molecule has 0 spiro atoms. The van der Waals surface area contributed by atoms with Crippen LogP contribution < -0.4 is 20.2 Å². The van der Waals surface area contributed by atoms with Gasteiger partial charge in [-0.25, -0.2) is 14.6 Å². The smallest absolute Gasteiger partial charge is 0.407 e. The number of carbonyl (C=O) groups excluding carboxylic acids is 2. The number of hydrogen-bond donors (Lipinski definition) is 2. The number of alkyl carbamates (subject to hydrolysis) is 1. The summed E-state index contributed by atoms with van der Waals surface area (Å²) in [6.45, 7) is 2.18. The summed E-state index contributed by atoms with van der Waals surface area (Å²) in [6, 6.07) is 19.8. The molecule has 0 saturated heterocycles. The molecule has 0 fully saturated rings. The van der Waals surface area contributed by atoms with Gasteiger partial charge in [-0.15, -0.1) is 0 Å². The van der Waals surface area contributed by atoms with Gasteiger partial charge in [0.25, 0.3) is 0 Å². The molecule has 36 heavy (non-hydrogen) atoms. The van der Waals surface area contributed by atoms with Crippen LogP contribution in [-0.2, 0) is 16.1 Å². The van der Waals surface area contributed by atoms with Crippen LogP contribution in [0.4, 0.5) is 9.18 Å². The molecule has 0 aliphatic carbocycles. The molecule has 3 aromatic carbocycles. The topological polar surface area (TPSA) is 98.2 Å². The molecule has 2 amide bonds. The van der Waals surface area contributed by atoms with E-state index in [0.717, 1.165) is 11.1 Å². The lowest BCUT2D eigenvalue weighted by Gasteiger charge is -2.18. The molecule has 8 nitrogen and oxygen atoms in total. The van der Waals surface area contributed by atoms with Gasteiger partial charge in [0.05, 0.1) is 32.4 Å². The zero-order valence-corrected chi connectivity index (χ0v) is 20.1. The molecule has 0 radical (unpaired) electrons. The normalized spacial score (nSPS) is 11.5. The summed E-state index contributed by atoms with van der Waals surface area (Å²) in [5, 5.41) is 6.71. The lowest BCUT2D eigenvalue weighted by atomic mass is 10.0. The number of benzene rings is 3. The summed E-state index contributed by atoms with van der Waals surface area (Å²) in [6.07, 6.45) is 0.844. The maximum Gasteiger partial charge on any atom is 0.407 e. The van der Waals surface area contributed by atoms with Gasteiger partial charge in [-0.2, -0.15) is 5.10 Å². The number of nitrogens with one attached hydrogen (secondary N) is 2. The van der Waals surface area contributed by atoms with E-state index in [1.165, 1.54) is 25.5 Å². The van der Waals surface area contributed by atoms with E-state index in [4.69, 9.17) is 14.2 Å². The predicted octanol–water partition coefficient (Wildman–Crippen LogP) is 4.74. The number of halogens is 1. The van der Waals surface area contributed by atoms with Gasteiger partial charge in [0.1, 0.15) is 12.4 Å². The molecule has 3 aromatic rings. The highest BCUT2D eigenvalue weighted by Gasteiger charge is 2.18. The van der Waals surface area contributed by atoms with Crippen molar-refractivity contribution in [3.8, 4) is 11.5 Å². The quantitative estimate of drug-likeness (QED) is 0.297. The van der Waals surface area contributed by atoms with E-state index < -0.39 is 12.1 Å². The Bertz CT molecular complexity index is 1170. The van der Waals surface area contributed by atoms with E-state index in [9.17, 15) is 14.0 Å². The van der Waals surface area contributed by atoms with Crippen LogP contribution in [0.3, 0.4) is 0 Å². The van der Waals surface area contributed by atoms with Gasteiger partial charge in [-0.3, -0.25) is 4.79 Å². The molecule has 1 atom stereocenters. The lowest BCUT2D eigenvalue weighted by molar-refractivity contribution is -0.121. The Morgan fingerprint density at radius 2 is 1.78 bits per heavy atom. The third-order valence-corrected chi connectivity index (χ3v) is 5.06. The van der Waals surface area contributed by atoms with Crippen molar-refractivity contribution in [1.29, 1.82) is 0 Å². The van der Waals surface area contributed by atoms with E-state index in [1.54, 1.807) is 37.3 Å². The first-order valence-electron chi connectivity index (χ1n) is 11.3. The molecule has 2 N–H and O–H groups in total. The molecule has 0 bridgehead atoms. The molecular weight excluding hydrogens is 465 g/mol. The highest BCUT2D eigenvalue weighted by atomic mass is 19.1. The Morgan fingerprint density at radius 3 is 2.47 bits per heavy atom. The minimum absolute atomic E-state index is 0.0281. The van der Waals surface area contributed by atoms with E-state index in [-0.39, 0.29) is 31.4 Å². The summed E-state index contributed by atoms with van der Waals surface area (Å²) in [5.74, 6) is 0.301. The summed E-state index contributed by atoms with van der Waals surface area (Å²) in [5.41, 5.74) is 4.73. The minimum Gasteiger partial charge on any atom is -0.493 e. The van der Waals surface area contributed by atoms with Crippen molar-refractivity contribution in [2.24, 2.45) is 5.10 Å². The molecule has 0 heterocycles. The molecule has 0 saturated carbocycles. The third kappa shape index (κ3) is 8.12. The molecule has 9 heteroatoms. The number of amides is 2. The average molecular weight is 494 g/mol. The molecular formula is C27H28FN3O5. The summed E-state index contributed by atoms with van der Waals surface area (Å²) in [4.78, 5) is 24.4. The molecule has 0 aliphatic heterocycles. The molecule has 0 aromatic heterocycles. The number of hydrogen-bond acceptors (Lipinski definition) is 6. The SMILES string of the molecule is CCOC(=O)N[C@H](CC(=O)N/N=C\c1ccc(OCc2ccc(F)cc2)c(OC)c1)c1ccccc1. The van der Waals surface area contributed by atoms with E-state index in [1.807, 2.05) is 30.3 Å². The van der Waals surface area contributed by atoms with Crippen molar-refractivity contribution in [3.63, 3.8) is 0 Å². The number of ether oxygens (including phenoxy) is 3. The molecule has 0 aliphatic rings. The lowest BCUT2D eigenvalue weighted by Crippen LogP contribution is -2.33.